The van der Waals surface area contributed by atoms with Crippen LogP contribution in [0.15, 0.2) is 15.2 Å². The first kappa shape index (κ1) is 9.18. The quantitative estimate of drug-likeness (QED) is 0.777. The van der Waals surface area contributed by atoms with Crippen molar-refractivity contribution >= 4 is 33.2 Å². The van der Waals surface area contributed by atoms with Crippen LogP contribution in [-0.2, 0) is 4.84 Å². The zero-order valence-electron chi connectivity index (χ0n) is 6.83. The molecule has 0 bridgehead atoms. The number of carbonyl (C=O) groups excluding carboxylic acids is 1. The number of amides is 1. The highest BCUT2D eigenvalue weighted by Crippen LogP contribution is 2.22. The minimum absolute atomic E-state index is 0.0422. The Morgan fingerprint density at radius 2 is 2.54 bits per heavy atom. The summed E-state index contributed by atoms with van der Waals surface area (Å²) in [5, 5.41) is 3.25. The third-order valence-electron chi connectivity index (χ3n) is 1.79. The van der Waals surface area contributed by atoms with Crippen molar-refractivity contribution in [1.29, 1.82) is 0 Å². The van der Waals surface area contributed by atoms with E-state index in [-0.39, 0.29) is 5.91 Å². The Kier molecular flexibility index (Phi) is 2.66. The van der Waals surface area contributed by atoms with Crippen LogP contribution in [0.25, 0.3) is 0 Å². The van der Waals surface area contributed by atoms with Gasteiger partial charge in [0.05, 0.1) is 22.5 Å². The molecular formula is C8H8BrNO2S. The van der Waals surface area contributed by atoms with Crippen molar-refractivity contribution in [2.45, 2.75) is 6.42 Å². The lowest BCUT2D eigenvalue weighted by Gasteiger charge is -2.11. The van der Waals surface area contributed by atoms with Crippen molar-refractivity contribution in [3.8, 4) is 0 Å². The zero-order chi connectivity index (χ0) is 9.26. The largest absolute Gasteiger partial charge is 0.278 e. The van der Waals surface area contributed by atoms with E-state index in [4.69, 9.17) is 4.84 Å². The molecule has 3 nitrogen and oxygen atoms in total. The van der Waals surface area contributed by atoms with Crippen molar-refractivity contribution < 1.29 is 9.63 Å². The van der Waals surface area contributed by atoms with E-state index in [2.05, 4.69) is 15.9 Å². The van der Waals surface area contributed by atoms with Crippen LogP contribution < -0.4 is 0 Å². The fourth-order valence-electron chi connectivity index (χ4n) is 1.17. The van der Waals surface area contributed by atoms with E-state index in [1.165, 1.54) is 16.4 Å². The predicted molar refractivity (Wildman–Crippen MR) is 53.6 cm³/mol. The number of hydroxylamine groups is 2. The molecule has 13 heavy (non-hydrogen) atoms. The summed E-state index contributed by atoms with van der Waals surface area (Å²) in [7, 11) is 0. The van der Waals surface area contributed by atoms with Gasteiger partial charge in [0.25, 0.3) is 5.91 Å². The fraction of sp³-hybridized carbons (Fsp3) is 0.375. The maximum Gasteiger partial charge on any atom is 0.278 e. The number of thiophene rings is 1. The Labute approximate surface area is 88.4 Å². The van der Waals surface area contributed by atoms with Gasteiger partial charge < -0.3 is 0 Å². The van der Waals surface area contributed by atoms with Crippen molar-refractivity contribution in [2.24, 2.45) is 0 Å². The van der Waals surface area contributed by atoms with Gasteiger partial charge in [-0.2, -0.15) is 0 Å². The lowest BCUT2D eigenvalue weighted by molar-refractivity contribution is -0.0768. The lowest BCUT2D eigenvalue weighted by Crippen LogP contribution is -2.25. The van der Waals surface area contributed by atoms with Crippen LogP contribution in [-0.4, -0.2) is 24.1 Å². The monoisotopic (exact) mass is 261 g/mol. The third-order valence-corrected chi connectivity index (χ3v) is 3.30. The molecule has 2 rings (SSSR count). The summed E-state index contributed by atoms with van der Waals surface area (Å²) in [6.07, 6.45) is 0.928. The summed E-state index contributed by atoms with van der Waals surface area (Å²) in [5.74, 6) is -0.0422. The summed E-state index contributed by atoms with van der Waals surface area (Å²) in [5.41, 5.74) is 0.693. The Bertz CT molecular complexity index is 320. The molecule has 5 heteroatoms. The van der Waals surface area contributed by atoms with Gasteiger partial charge in [-0.25, -0.2) is 5.06 Å². The Morgan fingerprint density at radius 3 is 3.08 bits per heavy atom. The van der Waals surface area contributed by atoms with Crippen LogP contribution in [0, 0.1) is 0 Å². The molecule has 0 radical (unpaired) electrons. The molecule has 0 N–H and O–H groups in total. The molecule has 1 aromatic heterocycles. The van der Waals surface area contributed by atoms with Crippen molar-refractivity contribution in [1.82, 2.24) is 5.06 Å². The van der Waals surface area contributed by atoms with E-state index in [9.17, 15) is 4.79 Å². The van der Waals surface area contributed by atoms with E-state index in [0.717, 1.165) is 10.2 Å². The average Bonchev–Trinajstić information content (AvgIpc) is 2.72. The average molecular weight is 262 g/mol. The number of hydrogen-bond acceptors (Lipinski definition) is 3. The number of rotatable bonds is 1. The summed E-state index contributed by atoms with van der Waals surface area (Å²) in [4.78, 5) is 16.8. The van der Waals surface area contributed by atoms with Crippen LogP contribution >= 0.6 is 27.3 Å². The minimum Gasteiger partial charge on any atom is -0.271 e. The highest BCUT2D eigenvalue weighted by Gasteiger charge is 2.21. The summed E-state index contributed by atoms with van der Waals surface area (Å²) in [6.45, 7) is 1.35. The Hall–Kier alpha value is -0.390. The molecule has 1 fully saturated rings. The number of carbonyl (C=O) groups is 1. The zero-order valence-corrected chi connectivity index (χ0v) is 9.23. The van der Waals surface area contributed by atoms with Gasteiger partial charge in [0.2, 0.25) is 0 Å². The van der Waals surface area contributed by atoms with Gasteiger partial charge >= 0.3 is 0 Å². The highest BCUT2D eigenvalue weighted by molar-refractivity contribution is 9.11. The van der Waals surface area contributed by atoms with E-state index >= 15 is 0 Å². The number of halogens is 1. The maximum absolute atomic E-state index is 11.6. The van der Waals surface area contributed by atoms with Crippen LogP contribution in [0.3, 0.4) is 0 Å². The van der Waals surface area contributed by atoms with E-state index in [1.54, 1.807) is 0 Å². The molecule has 0 aliphatic carbocycles. The van der Waals surface area contributed by atoms with Crippen molar-refractivity contribution in [3.05, 3.63) is 20.8 Å². The molecule has 1 aliphatic rings. The molecule has 2 heterocycles. The molecule has 0 spiro atoms. The van der Waals surface area contributed by atoms with Gasteiger partial charge in [-0.05, 0) is 28.4 Å². The van der Waals surface area contributed by atoms with Crippen LogP contribution in [0.4, 0.5) is 0 Å². The number of hydrogen-bond donors (Lipinski definition) is 0. The first-order valence-corrected chi connectivity index (χ1v) is 5.63. The van der Waals surface area contributed by atoms with E-state index < -0.39 is 0 Å². The van der Waals surface area contributed by atoms with E-state index in [1.807, 2.05) is 11.4 Å². The standard InChI is InChI=1S/C8H8BrNO2S/c9-7-4-6(5-13-7)8(11)10-2-1-3-12-10/h4-5H,1-3H2. The first-order valence-electron chi connectivity index (χ1n) is 3.96. The second kappa shape index (κ2) is 3.77. The Morgan fingerprint density at radius 1 is 1.69 bits per heavy atom. The van der Waals surface area contributed by atoms with Crippen LogP contribution in [0.1, 0.15) is 16.8 Å². The first-order chi connectivity index (χ1) is 6.27. The minimum atomic E-state index is -0.0422. The van der Waals surface area contributed by atoms with Crippen molar-refractivity contribution in [2.75, 3.05) is 13.2 Å². The normalized spacial score (nSPS) is 16.5. The van der Waals surface area contributed by atoms with Gasteiger partial charge in [-0.1, -0.05) is 0 Å². The molecule has 70 valence electrons. The molecule has 1 aromatic rings. The molecule has 0 unspecified atom stereocenters. The fourth-order valence-corrected chi connectivity index (χ4v) is 2.30. The van der Waals surface area contributed by atoms with Gasteiger partial charge in [0, 0.05) is 5.38 Å². The topological polar surface area (TPSA) is 29.5 Å². The molecule has 1 saturated heterocycles. The van der Waals surface area contributed by atoms with Gasteiger partial charge in [-0.3, -0.25) is 9.63 Å². The summed E-state index contributed by atoms with van der Waals surface area (Å²) >= 11 is 4.82. The van der Waals surface area contributed by atoms with Crippen LogP contribution in [0.5, 0.6) is 0 Å². The molecule has 0 aromatic carbocycles. The van der Waals surface area contributed by atoms with Gasteiger partial charge in [-0.15, -0.1) is 11.3 Å². The molecule has 1 amide bonds. The maximum atomic E-state index is 11.6. The SMILES string of the molecule is O=C(c1csc(Br)c1)N1CCCO1. The van der Waals surface area contributed by atoms with Crippen molar-refractivity contribution in [3.63, 3.8) is 0 Å². The molecular weight excluding hydrogens is 254 g/mol. The smallest absolute Gasteiger partial charge is 0.271 e. The number of nitrogens with zero attached hydrogens (tertiary/aromatic N) is 1. The summed E-state index contributed by atoms with van der Waals surface area (Å²) in [6, 6.07) is 1.81. The molecule has 1 aliphatic heterocycles. The second-order valence-electron chi connectivity index (χ2n) is 2.73. The Balaban J connectivity index is 2.12. The molecule has 0 saturated carbocycles. The molecule has 0 atom stereocenters. The lowest BCUT2D eigenvalue weighted by atomic mass is 10.3. The van der Waals surface area contributed by atoms with Gasteiger partial charge in [0.15, 0.2) is 0 Å². The summed E-state index contributed by atoms with van der Waals surface area (Å²) < 4.78 is 0.968. The second-order valence-corrected chi connectivity index (χ2v) is 5.02. The predicted octanol–water partition coefficient (Wildman–Crippen LogP) is 2.29. The van der Waals surface area contributed by atoms with Crippen LogP contribution in [0.2, 0.25) is 0 Å². The highest BCUT2D eigenvalue weighted by atomic mass is 79.9. The van der Waals surface area contributed by atoms with E-state index in [0.29, 0.717) is 18.7 Å². The van der Waals surface area contributed by atoms with Gasteiger partial charge in [0.1, 0.15) is 0 Å². The third kappa shape index (κ3) is 1.92.